The van der Waals surface area contributed by atoms with Crippen LogP contribution < -0.4 is 0 Å². The number of aryl methyl sites for hydroxylation is 1. The lowest BCUT2D eigenvalue weighted by atomic mass is 9.67. The molecule has 0 saturated heterocycles. The van der Waals surface area contributed by atoms with Crippen molar-refractivity contribution >= 4 is 27.9 Å². The summed E-state index contributed by atoms with van der Waals surface area (Å²) in [7, 11) is 0. The third kappa shape index (κ3) is 3.42. The fourth-order valence-electron chi connectivity index (χ4n) is 4.91. The van der Waals surface area contributed by atoms with E-state index in [9.17, 15) is 9.90 Å². The quantitative estimate of drug-likeness (QED) is 0.374. The van der Waals surface area contributed by atoms with Gasteiger partial charge in [0, 0.05) is 0 Å². The normalized spacial score (nSPS) is 15.0. The summed E-state index contributed by atoms with van der Waals surface area (Å²) in [5.74, 6) is -0.898. The van der Waals surface area contributed by atoms with Gasteiger partial charge in [0.25, 0.3) is 0 Å². The molecule has 4 aromatic carbocycles. The van der Waals surface area contributed by atoms with Crippen molar-refractivity contribution in [2.24, 2.45) is 0 Å². The number of carbonyl (C=O) groups is 1. The van der Waals surface area contributed by atoms with Crippen molar-refractivity contribution in [3.8, 4) is 0 Å². The molecule has 0 radical (unpaired) electrons. The van der Waals surface area contributed by atoms with Gasteiger partial charge in [-0.3, -0.25) is 0 Å². The fourth-order valence-corrected chi connectivity index (χ4v) is 4.91. The molecular formula is C30H26O2. The first-order valence-electron chi connectivity index (χ1n) is 11.0. The second-order valence-corrected chi connectivity index (χ2v) is 9.41. The molecule has 0 saturated carbocycles. The van der Waals surface area contributed by atoms with Gasteiger partial charge in [-0.1, -0.05) is 80.1 Å². The molecule has 5 rings (SSSR count). The minimum absolute atomic E-state index is 0.0473. The van der Waals surface area contributed by atoms with Gasteiger partial charge in [-0.25, -0.2) is 4.79 Å². The lowest BCUT2D eigenvalue weighted by molar-refractivity contribution is 0.0697. The van der Waals surface area contributed by atoms with Gasteiger partial charge in [-0.2, -0.15) is 0 Å². The summed E-state index contributed by atoms with van der Waals surface area (Å²) in [5, 5.41) is 11.8. The van der Waals surface area contributed by atoms with Gasteiger partial charge >= 0.3 is 5.97 Å². The SMILES string of the molecule is Cc1ccc(C2=C(c3ccc(C(=O)O)cc3)CC(C)(C)c3cc4ccccc4cc32)cc1. The molecule has 0 bridgehead atoms. The van der Waals surface area contributed by atoms with Gasteiger partial charge < -0.3 is 5.11 Å². The van der Waals surface area contributed by atoms with Crippen LogP contribution >= 0.6 is 0 Å². The molecule has 0 unspecified atom stereocenters. The van der Waals surface area contributed by atoms with Crippen molar-refractivity contribution < 1.29 is 9.90 Å². The Labute approximate surface area is 188 Å². The number of fused-ring (bicyclic) bond motifs is 2. The largest absolute Gasteiger partial charge is 0.478 e. The van der Waals surface area contributed by atoms with Crippen LogP contribution in [0.3, 0.4) is 0 Å². The predicted octanol–water partition coefficient (Wildman–Crippen LogP) is 7.49. The van der Waals surface area contributed by atoms with E-state index in [0.29, 0.717) is 5.56 Å². The monoisotopic (exact) mass is 418 g/mol. The van der Waals surface area contributed by atoms with E-state index in [1.807, 2.05) is 12.1 Å². The van der Waals surface area contributed by atoms with Crippen molar-refractivity contribution in [3.05, 3.63) is 118 Å². The van der Waals surface area contributed by atoms with Crippen LogP contribution in [0.5, 0.6) is 0 Å². The van der Waals surface area contributed by atoms with Crippen LogP contribution in [0.4, 0.5) is 0 Å². The second-order valence-electron chi connectivity index (χ2n) is 9.41. The molecule has 0 aliphatic heterocycles. The van der Waals surface area contributed by atoms with Crippen LogP contribution in [0.1, 0.15) is 58.4 Å². The lowest BCUT2D eigenvalue weighted by Crippen LogP contribution is -2.24. The Kier molecular flexibility index (Phi) is 4.74. The van der Waals surface area contributed by atoms with Gasteiger partial charge in [-0.05, 0) is 87.2 Å². The lowest BCUT2D eigenvalue weighted by Gasteiger charge is -2.37. The maximum atomic E-state index is 11.4. The van der Waals surface area contributed by atoms with Crippen LogP contribution in [-0.2, 0) is 5.41 Å². The Morgan fingerprint density at radius 3 is 2.03 bits per heavy atom. The van der Waals surface area contributed by atoms with E-state index in [1.165, 1.54) is 44.2 Å². The molecule has 0 heterocycles. The summed E-state index contributed by atoms with van der Waals surface area (Å²) in [6, 6.07) is 29.3. The molecule has 0 fully saturated rings. The van der Waals surface area contributed by atoms with E-state index in [2.05, 4.69) is 81.4 Å². The van der Waals surface area contributed by atoms with Gasteiger partial charge in [0.2, 0.25) is 0 Å². The topological polar surface area (TPSA) is 37.3 Å². The standard InChI is InChI=1S/C30H26O2/c1-19-8-10-21(11-9-19)28-25-16-23-6-4-5-7-24(23)17-27(25)30(2,3)18-26(28)20-12-14-22(15-13-20)29(31)32/h4-17H,18H2,1-3H3,(H,31,32). The fraction of sp³-hybridized carbons (Fsp3) is 0.167. The average molecular weight is 419 g/mol. The number of allylic oxidation sites excluding steroid dienone is 1. The third-order valence-electron chi connectivity index (χ3n) is 6.63. The summed E-state index contributed by atoms with van der Waals surface area (Å²) < 4.78 is 0. The Bertz CT molecular complexity index is 1370. The Balaban J connectivity index is 1.83. The number of carboxylic acids is 1. The van der Waals surface area contributed by atoms with E-state index in [-0.39, 0.29) is 5.41 Å². The van der Waals surface area contributed by atoms with Gasteiger partial charge in [0.05, 0.1) is 5.56 Å². The molecule has 1 N–H and O–H groups in total. The van der Waals surface area contributed by atoms with Gasteiger partial charge in [0.15, 0.2) is 0 Å². The van der Waals surface area contributed by atoms with Crippen molar-refractivity contribution in [3.63, 3.8) is 0 Å². The van der Waals surface area contributed by atoms with Crippen molar-refractivity contribution in [1.29, 1.82) is 0 Å². The zero-order chi connectivity index (χ0) is 22.5. The molecule has 4 aromatic rings. The summed E-state index contributed by atoms with van der Waals surface area (Å²) in [5.41, 5.74) is 8.90. The third-order valence-corrected chi connectivity index (χ3v) is 6.63. The highest BCUT2D eigenvalue weighted by molar-refractivity contribution is 6.04. The number of aromatic carboxylic acids is 1. The van der Waals surface area contributed by atoms with E-state index in [0.717, 1.165) is 12.0 Å². The highest BCUT2D eigenvalue weighted by Crippen LogP contribution is 2.49. The first-order valence-corrected chi connectivity index (χ1v) is 11.0. The van der Waals surface area contributed by atoms with Crippen LogP contribution in [0.25, 0.3) is 21.9 Å². The highest BCUT2D eigenvalue weighted by atomic mass is 16.4. The number of benzene rings is 4. The van der Waals surface area contributed by atoms with Crippen LogP contribution in [0, 0.1) is 6.92 Å². The molecule has 0 spiro atoms. The van der Waals surface area contributed by atoms with Crippen molar-refractivity contribution in [2.75, 3.05) is 0 Å². The maximum absolute atomic E-state index is 11.4. The molecule has 0 amide bonds. The molecule has 0 aromatic heterocycles. The average Bonchev–Trinajstić information content (AvgIpc) is 2.79. The van der Waals surface area contributed by atoms with Gasteiger partial charge in [0.1, 0.15) is 0 Å². The number of hydrogen-bond acceptors (Lipinski definition) is 1. The highest BCUT2D eigenvalue weighted by Gasteiger charge is 2.34. The Morgan fingerprint density at radius 1 is 0.812 bits per heavy atom. The minimum Gasteiger partial charge on any atom is -0.478 e. The number of carboxylic acid groups (broad SMARTS) is 1. The van der Waals surface area contributed by atoms with Crippen LogP contribution in [0.15, 0.2) is 84.9 Å². The van der Waals surface area contributed by atoms with E-state index < -0.39 is 5.97 Å². The molecule has 158 valence electrons. The van der Waals surface area contributed by atoms with Crippen molar-refractivity contribution in [1.82, 2.24) is 0 Å². The summed E-state index contributed by atoms with van der Waals surface area (Å²) in [4.78, 5) is 11.4. The first kappa shape index (κ1) is 20.3. The zero-order valence-electron chi connectivity index (χ0n) is 18.6. The molecule has 2 heteroatoms. The second kappa shape index (κ2) is 7.49. The molecule has 1 aliphatic carbocycles. The molecule has 2 nitrogen and oxygen atoms in total. The van der Waals surface area contributed by atoms with Crippen LogP contribution in [-0.4, -0.2) is 11.1 Å². The maximum Gasteiger partial charge on any atom is 0.335 e. The Morgan fingerprint density at radius 2 is 1.41 bits per heavy atom. The summed E-state index contributed by atoms with van der Waals surface area (Å²) in [6.07, 6.45) is 0.883. The summed E-state index contributed by atoms with van der Waals surface area (Å²) in [6.45, 7) is 6.71. The molecular weight excluding hydrogens is 392 g/mol. The predicted molar refractivity (Wildman–Crippen MR) is 132 cm³/mol. The molecule has 1 aliphatic rings. The van der Waals surface area contributed by atoms with Crippen LogP contribution in [0.2, 0.25) is 0 Å². The smallest absolute Gasteiger partial charge is 0.335 e. The van der Waals surface area contributed by atoms with Gasteiger partial charge in [-0.15, -0.1) is 0 Å². The Hall–Kier alpha value is -3.65. The van der Waals surface area contributed by atoms with E-state index in [1.54, 1.807) is 12.1 Å². The molecule has 32 heavy (non-hydrogen) atoms. The summed E-state index contributed by atoms with van der Waals surface area (Å²) >= 11 is 0. The van der Waals surface area contributed by atoms with Crippen molar-refractivity contribution in [2.45, 2.75) is 32.6 Å². The number of rotatable bonds is 3. The van der Waals surface area contributed by atoms with E-state index in [4.69, 9.17) is 0 Å². The molecule has 0 atom stereocenters. The zero-order valence-corrected chi connectivity index (χ0v) is 18.6. The minimum atomic E-state index is -0.898. The van der Waals surface area contributed by atoms with E-state index >= 15 is 0 Å². The number of hydrogen-bond donors (Lipinski definition) is 1. The first-order chi connectivity index (χ1) is 15.3.